The van der Waals surface area contributed by atoms with Gasteiger partial charge in [0.15, 0.2) is 0 Å². The quantitative estimate of drug-likeness (QED) is 0.442. The largest absolute Gasteiger partial charge is 0.326 e. The molecule has 4 rings (SSSR count). The van der Waals surface area contributed by atoms with E-state index in [2.05, 4.69) is 10.4 Å². The van der Waals surface area contributed by atoms with Crippen LogP contribution in [0, 0.1) is 0 Å². The van der Waals surface area contributed by atoms with Crippen molar-refractivity contribution in [1.82, 2.24) is 14.1 Å². The number of benzene rings is 3. The van der Waals surface area contributed by atoms with Crippen molar-refractivity contribution in [2.24, 2.45) is 7.05 Å². The number of anilines is 1. The summed E-state index contributed by atoms with van der Waals surface area (Å²) in [4.78, 5) is 25.1. The average molecular weight is 477 g/mol. The summed E-state index contributed by atoms with van der Waals surface area (Å²) in [5, 5.41) is 8.13. The molecule has 0 fully saturated rings. The molecule has 0 saturated carbocycles. The van der Waals surface area contributed by atoms with Gasteiger partial charge in [0.2, 0.25) is 15.9 Å². The Hall–Kier alpha value is -3.82. The number of hydrogen-bond donors (Lipinski definition) is 1. The van der Waals surface area contributed by atoms with Gasteiger partial charge in [0.1, 0.15) is 0 Å². The van der Waals surface area contributed by atoms with Gasteiger partial charge in [0, 0.05) is 31.7 Å². The molecule has 0 saturated heterocycles. The van der Waals surface area contributed by atoms with Crippen LogP contribution in [0.25, 0.3) is 10.8 Å². The predicted octanol–water partition coefficient (Wildman–Crippen LogP) is 2.94. The minimum absolute atomic E-state index is 0.0332. The van der Waals surface area contributed by atoms with Crippen molar-refractivity contribution in [2.75, 3.05) is 12.4 Å². The molecular weight excluding hydrogens is 452 g/mol. The van der Waals surface area contributed by atoms with E-state index in [1.165, 1.54) is 28.2 Å². The molecule has 4 aromatic rings. The van der Waals surface area contributed by atoms with Crippen LogP contribution in [0.2, 0.25) is 0 Å². The van der Waals surface area contributed by atoms with Gasteiger partial charge < -0.3 is 5.32 Å². The van der Waals surface area contributed by atoms with E-state index in [4.69, 9.17) is 0 Å². The smallest absolute Gasteiger partial charge is 0.274 e. The van der Waals surface area contributed by atoms with Crippen LogP contribution in [0.1, 0.15) is 11.3 Å². The second kappa shape index (κ2) is 9.58. The van der Waals surface area contributed by atoms with E-state index < -0.39 is 10.0 Å². The van der Waals surface area contributed by atoms with Crippen LogP contribution in [0.4, 0.5) is 5.69 Å². The van der Waals surface area contributed by atoms with Crippen molar-refractivity contribution in [2.45, 2.75) is 17.9 Å². The molecule has 8 nitrogen and oxygen atoms in total. The highest BCUT2D eigenvalue weighted by Crippen LogP contribution is 2.20. The molecule has 1 amide bonds. The highest BCUT2D eigenvalue weighted by atomic mass is 32.2. The SMILES string of the molecule is CN(Cc1ccccc1)S(=O)(=O)c1ccc(NC(=O)Cc2nn(C)c(=O)c3ccccc23)cc1. The van der Waals surface area contributed by atoms with Crippen LogP contribution < -0.4 is 10.9 Å². The van der Waals surface area contributed by atoms with E-state index in [0.717, 1.165) is 5.56 Å². The Balaban J connectivity index is 1.47. The van der Waals surface area contributed by atoms with Gasteiger partial charge in [-0.05, 0) is 35.9 Å². The monoisotopic (exact) mass is 476 g/mol. The lowest BCUT2D eigenvalue weighted by Gasteiger charge is -2.17. The highest BCUT2D eigenvalue weighted by Gasteiger charge is 2.21. The molecule has 0 unspecified atom stereocenters. The Kier molecular flexibility index (Phi) is 6.58. The van der Waals surface area contributed by atoms with E-state index in [1.54, 1.807) is 43.4 Å². The number of sulfonamides is 1. The van der Waals surface area contributed by atoms with Gasteiger partial charge in [-0.1, -0.05) is 48.5 Å². The lowest BCUT2D eigenvalue weighted by atomic mass is 10.1. The van der Waals surface area contributed by atoms with Crippen molar-refractivity contribution in [3.63, 3.8) is 0 Å². The molecule has 0 radical (unpaired) electrons. The van der Waals surface area contributed by atoms with Gasteiger partial charge in [0.25, 0.3) is 5.56 Å². The molecule has 0 atom stereocenters. The zero-order valence-corrected chi connectivity index (χ0v) is 19.6. The van der Waals surface area contributed by atoms with Crippen LogP contribution in [-0.2, 0) is 34.8 Å². The zero-order chi connectivity index (χ0) is 24.3. The fourth-order valence-electron chi connectivity index (χ4n) is 3.68. The molecule has 1 N–H and O–H groups in total. The summed E-state index contributed by atoms with van der Waals surface area (Å²) in [7, 11) is -0.610. The first-order valence-electron chi connectivity index (χ1n) is 10.6. The van der Waals surface area contributed by atoms with E-state index in [-0.39, 0.29) is 29.3 Å². The molecule has 0 aliphatic carbocycles. The summed E-state index contributed by atoms with van der Waals surface area (Å²) < 4.78 is 28.3. The van der Waals surface area contributed by atoms with Crippen molar-refractivity contribution in [3.05, 3.63) is 100 Å². The van der Waals surface area contributed by atoms with E-state index in [1.807, 2.05) is 30.3 Å². The lowest BCUT2D eigenvalue weighted by Crippen LogP contribution is -2.26. The molecule has 1 heterocycles. The number of amides is 1. The average Bonchev–Trinajstić information content (AvgIpc) is 2.83. The number of carbonyl (C=O) groups excluding carboxylic acids is 1. The van der Waals surface area contributed by atoms with E-state index in [9.17, 15) is 18.0 Å². The number of aromatic nitrogens is 2. The number of carbonyl (C=O) groups is 1. The van der Waals surface area contributed by atoms with Crippen LogP contribution >= 0.6 is 0 Å². The molecule has 3 aromatic carbocycles. The van der Waals surface area contributed by atoms with Gasteiger partial charge >= 0.3 is 0 Å². The second-order valence-corrected chi connectivity index (χ2v) is 9.96. The Bertz CT molecular complexity index is 1500. The number of aryl methyl sites for hydroxylation is 1. The third kappa shape index (κ3) is 4.90. The van der Waals surface area contributed by atoms with Gasteiger partial charge in [0.05, 0.1) is 22.4 Å². The minimum Gasteiger partial charge on any atom is -0.326 e. The Morgan fingerprint density at radius 2 is 1.56 bits per heavy atom. The van der Waals surface area contributed by atoms with Gasteiger partial charge in [-0.25, -0.2) is 13.1 Å². The van der Waals surface area contributed by atoms with Crippen LogP contribution in [0.15, 0.2) is 88.6 Å². The highest BCUT2D eigenvalue weighted by molar-refractivity contribution is 7.89. The Morgan fingerprint density at radius 3 is 2.24 bits per heavy atom. The number of nitrogens with one attached hydrogen (secondary N) is 1. The van der Waals surface area contributed by atoms with Crippen molar-refractivity contribution >= 4 is 32.4 Å². The summed E-state index contributed by atoms with van der Waals surface area (Å²) >= 11 is 0. The van der Waals surface area contributed by atoms with E-state index >= 15 is 0 Å². The van der Waals surface area contributed by atoms with Crippen LogP contribution in [-0.4, -0.2) is 35.5 Å². The fraction of sp³-hybridized carbons (Fsp3) is 0.160. The molecular formula is C25H24N4O4S. The third-order valence-corrected chi connectivity index (χ3v) is 7.27. The van der Waals surface area contributed by atoms with Crippen molar-refractivity contribution in [1.29, 1.82) is 0 Å². The summed E-state index contributed by atoms with van der Waals surface area (Å²) in [5.74, 6) is -0.326. The van der Waals surface area contributed by atoms with E-state index in [0.29, 0.717) is 22.2 Å². The standard InChI is InChI=1S/C25H24N4O4S/c1-28(17-18-8-4-3-5-9-18)34(32,33)20-14-12-19(13-15-20)26-24(30)16-23-21-10-6-7-11-22(21)25(31)29(2)27-23/h3-15H,16-17H2,1-2H3,(H,26,30). The van der Waals surface area contributed by atoms with Crippen LogP contribution in [0.3, 0.4) is 0 Å². The summed E-state index contributed by atoms with van der Waals surface area (Å²) in [6.07, 6.45) is -0.0332. The fourth-order valence-corrected chi connectivity index (χ4v) is 4.84. The molecule has 0 spiro atoms. The molecule has 174 valence electrons. The predicted molar refractivity (Wildman–Crippen MR) is 131 cm³/mol. The van der Waals surface area contributed by atoms with Gasteiger partial charge in [-0.3, -0.25) is 9.59 Å². The third-order valence-electron chi connectivity index (χ3n) is 5.46. The normalized spacial score (nSPS) is 11.6. The first-order chi connectivity index (χ1) is 16.3. The molecule has 34 heavy (non-hydrogen) atoms. The number of nitrogens with zero attached hydrogens (tertiary/aromatic N) is 3. The number of fused-ring (bicyclic) bond motifs is 1. The molecule has 0 aliphatic heterocycles. The first-order valence-corrected chi connectivity index (χ1v) is 12.0. The van der Waals surface area contributed by atoms with Crippen LogP contribution in [0.5, 0.6) is 0 Å². The summed E-state index contributed by atoms with van der Waals surface area (Å²) in [6.45, 7) is 0.252. The molecule has 0 bridgehead atoms. The molecule has 9 heteroatoms. The Morgan fingerprint density at radius 1 is 0.941 bits per heavy atom. The molecule has 1 aromatic heterocycles. The minimum atomic E-state index is -3.69. The van der Waals surface area contributed by atoms with Gasteiger partial charge in [-0.2, -0.15) is 9.40 Å². The second-order valence-electron chi connectivity index (χ2n) is 7.92. The topological polar surface area (TPSA) is 101 Å². The lowest BCUT2D eigenvalue weighted by molar-refractivity contribution is -0.115. The first kappa shape index (κ1) is 23.3. The number of rotatable bonds is 7. The Labute approximate surface area is 197 Å². The summed E-state index contributed by atoms with van der Waals surface area (Å²) in [5.41, 5.74) is 1.60. The zero-order valence-electron chi connectivity index (χ0n) is 18.8. The van der Waals surface area contributed by atoms with Gasteiger partial charge in [-0.15, -0.1) is 0 Å². The van der Waals surface area contributed by atoms with Crippen molar-refractivity contribution < 1.29 is 13.2 Å². The maximum Gasteiger partial charge on any atom is 0.274 e. The maximum absolute atomic E-state index is 12.9. The maximum atomic E-state index is 12.9. The number of hydrogen-bond acceptors (Lipinski definition) is 5. The van der Waals surface area contributed by atoms with Crippen molar-refractivity contribution in [3.8, 4) is 0 Å². The molecule has 0 aliphatic rings. The summed E-state index contributed by atoms with van der Waals surface area (Å²) in [6, 6.07) is 22.4.